The van der Waals surface area contributed by atoms with Gasteiger partial charge in [-0.1, -0.05) is 12.8 Å². The highest BCUT2D eigenvalue weighted by atomic mass is 32.1. The predicted molar refractivity (Wildman–Crippen MR) is 68.2 cm³/mol. The lowest BCUT2D eigenvalue weighted by atomic mass is 10.2. The lowest BCUT2D eigenvalue weighted by Crippen LogP contribution is -2.24. The van der Waals surface area contributed by atoms with Crippen LogP contribution in [0.15, 0.2) is 0 Å². The normalized spacial score (nSPS) is 10.3. The molecule has 0 bridgehead atoms. The molecule has 3 nitrogen and oxygen atoms in total. The number of carbonyl (C=O) groups is 1. The minimum Gasteiger partial charge on any atom is -0.356 e. The fourth-order valence-corrected chi connectivity index (χ4v) is 1.56. The van der Waals surface area contributed by atoms with Crippen molar-refractivity contribution in [2.24, 2.45) is 5.73 Å². The second-order valence-electron chi connectivity index (χ2n) is 3.73. The zero-order chi connectivity index (χ0) is 11.4. The van der Waals surface area contributed by atoms with Crippen LogP contribution in [0.2, 0.25) is 0 Å². The van der Waals surface area contributed by atoms with Crippen molar-refractivity contribution in [2.45, 2.75) is 44.9 Å². The lowest BCUT2D eigenvalue weighted by Gasteiger charge is -2.04. The predicted octanol–water partition coefficient (Wildman–Crippen LogP) is 1.72. The van der Waals surface area contributed by atoms with E-state index in [4.69, 9.17) is 5.73 Å². The summed E-state index contributed by atoms with van der Waals surface area (Å²) in [6, 6.07) is 0. The largest absolute Gasteiger partial charge is 0.356 e. The molecule has 0 unspecified atom stereocenters. The van der Waals surface area contributed by atoms with Gasteiger partial charge in [-0.2, -0.15) is 12.6 Å². The number of carbonyl (C=O) groups excluding carboxylic acids is 1. The van der Waals surface area contributed by atoms with Crippen LogP contribution in [0, 0.1) is 0 Å². The molecule has 0 aromatic rings. The Balaban J connectivity index is 3.11. The highest BCUT2D eigenvalue weighted by molar-refractivity contribution is 7.80. The summed E-state index contributed by atoms with van der Waals surface area (Å²) in [5.74, 6) is 1.10. The van der Waals surface area contributed by atoms with E-state index < -0.39 is 0 Å². The van der Waals surface area contributed by atoms with E-state index in [2.05, 4.69) is 17.9 Å². The highest BCUT2D eigenvalue weighted by Gasteiger charge is 1.99. The molecule has 0 spiro atoms. The number of thiol groups is 1. The van der Waals surface area contributed by atoms with Gasteiger partial charge < -0.3 is 11.1 Å². The van der Waals surface area contributed by atoms with Crippen LogP contribution in [0.3, 0.4) is 0 Å². The molecule has 0 aliphatic heterocycles. The van der Waals surface area contributed by atoms with Crippen molar-refractivity contribution < 1.29 is 4.79 Å². The summed E-state index contributed by atoms with van der Waals surface area (Å²) in [7, 11) is 0. The van der Waals surface area contributed by atoms with E-state index >= 15 is 0 Å². The quantitative estimate of drug-likeness (QED) is 0.397. The Bertz CT molecular complexity index is 154. The average Bonchev–Trinajstić information content (AvgIpc) is 2.24. The van der Waals surface area contributed by atoms with Gasteiger partial charge in [-0.25, -0.2) is 0 Å². The molecular formula is C11H24N2OS. The van der Waals surface area contributed by atoms with E-state index in [1.807, 2.05) is 0 Å². The first-order valence-electron chi connectivity index (χ1n) is 5.89. The minimum absolute atomic E-state index is 0.182. The molecule has 15 heavy (non-hydrogen) atoms. The minimum atomic E-state index is 0.182. The topological polar surface area (TPSA) is 55.1 Å². The maximum absolute atomic E-state index is 11.3. The molecule has 0 rings (SSSR count). The molecule has 0 heterocycles. The molecule has 0 saturated heterocycles. The third kappa shape index (κ3) is 11.7. The van der Waals surface area contributed by atoms with Gasteiger partial charge in [0.1, 0.15) is 0 Å². The molecule has 0 aliphatic carbocycles. The van der Waals surface area contributed by atoms with Crippen molar-refractivity contribution in [3.63, 3.8) is 0 Å². The molecule has 3 N–H and O–H groups in total. The summed E-state index contributed by atoms with van der Waals surface area (Å²) in [6.07, 6.45) is 7.05. The lowest BCUT2D eigenvalue weighted by molar-refractivity contribution is -0.121. The molecule has 0 aromatic carbocycles. The van der Waals surface area contributed by atoms with Crippen LogP contribution in [-0.4, -0.2) is 24.7 Å². The van der Waals surface area contributed by atoms with Crippen molar-refractivity contribution in [1.29, 1.82) is 0 Å². The van der Waals surface area contributed by atoms with E-state index in [0.717, 1.165) is 57.4 Å². The molecule has 90 valence electrons. The Kier molecular flexibility index (Phi) is 11.7. The molecular weight excluding hydrogens is 208 g/mol. The molecule has 0 aliphatic rings. The van der Waals surface area contributed by atoms with E-state index in [0.29, 0.717) is 6.42 Å². The summed E-state index contributed by atoms with van der Waals surface area (Å²) >= 11 is 4.12. The van der Waals surface area contributed by atoms with Gasteiger partial charge in [0.2, 0.25) is 5.91 Å². The first kappa shape index (κ1) is 14.8. The van der Waals surface area contributed by atoms with E-state index in [-0.39, 0.29) is 5.91 Å². The zero-order valence-electron chi connectivity index (χ0n) is 9.50. The third-order valence-corrected chi connectivity index (χ3v) is 2.58. The summed E-state index contributed by atoms with van der Waals surface area (Å²) in [6.45, 7) is 1.54. The summed E-state index contributed by atoms with van der Waals surface area (Å²) in [4.78, 5) is 11.3. The fourth-order valence-electron chi connectivity index (χ4n) is 1.34. The molecule has 4 heteroatoms. The van der Waals surface area contributed by atoms with Crippen molar-refractivity contribution in [1.82, 2.24) is 5.32 Å². The van der Waals surface area contributed by atoms with Crippen molar-refractivity contribution in [3.05, 3.63) is 0 Å². The molecule has 0 fully saturated rings. The number of amides is 1. The number of nitrogens with one attached hydrogen (secondary N) is 1. The first-order chi connectivity index (χ1) is 7.31. The van der Waals surface area contributed by atoms with Crippen LogP contribution in [-0.2, 0) is 4.79 Å². The molecule has 0 atom stereocenters. The number of nitrogens with two attached hydrogens (primary N) is 1. The Morgan fingerprint density at radius 2 is 1.80 bits per heavy atom. The Hall–Kier alpha value is -0.220. The van der Waals surface area contributed by atoms with E-state index in [1.54, 1.807) is 0 Å². The molecule has 0 radical (unpaired) electrons. The van der Waals surface area contributed by atoms with Gasteiger partial charge in [0.05, 0.1) is 0 Å². The second-order valence-corrected chi connectivity index (χ2v) is 4.18. The van der Waals surface area contributed by atoms with Crippen molar-refractivity contribution in [3.8, 4) is 0 Å². The summed E-state index contributed by atoms with van der Waals surface area (Å²) in [5, 5.41) is 2.92. The van der Waals surface area contributed by atoms with Crippen molar-refractivity contribution >= 4 is 18.5 Å². The van der Waals surface area contributed by atoms with Crippen LogP contribution in [0.5, 0.6) is 0 Å². The van der Waals surface area contributed by atoms with Crippen LogP contribution < -0.4 is 11.1 Å². The molecule has 0 saturated carbocycles. The summed E-state index contributed by atoms with van der Waals surface area (Å²) in [5.41, 5.74) is 5.37. The number of hydrogen-bond donors (Lipinski definition) is 3. The van der Waals surface area contributed by atoms with E-state index in [9.17, 15) is 4.79 Å². The van der Waals surface area contributed by atoms with E-state index in [1.165, 1.54) is 0 Å². The number of unbranched alkanes of at least 4 members (excludes halogenated alkanes) is 4. The maximum atomic E-state index is 11.3. The maximum Gasteiger partial charge on any atom is 0.219 e. The molecule has 1 amide bonds. The van der Waals surface area contributed by atoms with Gasteiger partial charge in [-0.05, 0) is 38.0 Å². The first-order valence-corrected chi connectivity index (χ1v) is 6.52. The standard InChI is InChI=1S/C11H24N2OS/c12-8-4-2-5-9-13-11(14)7-3-1-6-10-15/h15H,1-10,12H2,(H,13,14). The smallest absolute Gasteiger partial charge is 0.219 e. The van der Waals surface area contributed by atoms with Gasteiger partial charge >= 0.3 is 0 Å². The third-order valence-electron chi connectivity index (χ3n) is 2.27. The Morgan fingerprint density at radius 3 is 2.47 bits per heavy atom. The van der Waals surface area contributed by atoms with Crippen LogP contribution in [0.25, 0.3) is 0 Å². The average molecular weight is 232 g/mol. The van der Waals surface area contributed by atoms with Gasteiger partial charge in [0, 0.05) is 13.0 Å². The van der Waals surface area contributed by atoms with Gasteiger partial charge in [0.15, 0.2) is 0 Å². The number of rotatable bonds is 10. The molecule has 0 aromatic heterocycles. The summed E-state index contributed by atoms with van der Waals surface area (Å²) < 4.78 is 0. The van der Waals surface area contributed by atoms with Crippen LogP contribution in [0.1, 0.15) is 44.9 Å². The zero-order valence-corrected chi connectivity index (χ0v) is 10.4. The van der Waals surface area contributed by atoms with Crippen LogP contribution in [0.4, 0.5) is 0 Å². The monoisotopic (exact) mass is 232 g/mol. The van der Waals surface area contributed by atoms with Gasteiger partial charge in [0.25, 0.3) is 0 Å². The van der Waals surface area contributed by atoms with Gasteiger partial charge in [-0.15, -0.1) is 0 Å². The Morgan fingerprint density at radius 1 is 1.07 bits per heavy atom. The number of hydrogen-bond acceptors (Lipinski definition) is 3. The van der Waals surface area contributed by atoms with Crippen LogP contribution >= 0.6 is 12.6 Å². The fraction of sp³-hybridized carbons (Fsp3) is 0.909. The van der Waals surface area contributed by atoms with Gasteiger partial charge in [-0.3, -0.25) is 4.79 Å². The van der Waals surface area contributed by atoms with Crippen molar-refractivity contribution in [2.75, 3.05) is 18.8 Å². The second kappa shape index (κ2) is 11.9. The SMILES string of the molecule is NCCCCCNC(=O)CCCCCS. The Labute approximate surface area is 98.6 Å². The highest BCUT2D eigenvalue weighted by Crippen LogP contribution is 2.00.